The van der Waals surface area contributed by atoms with E-state index in [-0.39, 0.29) is 15.8 Å². The minimum Gasteiger partial charge on any atom is -0.368 e. The molecule has 0 atom stereocenters. The average molecular weight is 378 g/mol. The van der Waals surface area contributed by atoms with Crippen LogP contribution >= 0.6 is 11.3 Å². The van der Waals surface area contributed by atoms with Crippen LogP contribution in [0.25, 0.3) is 0 Å². The third-order valence-corrected chi connectivity index (χ3v) is 6.05. The van der Waals surface area contributed by atoms with Crippen LogP contribution < -0.4 is 10.0 Å². The van der Waals surface area contributed by atoms with E-state index in [0.717, 1.165) is 16.9 Å². The van der Waals surface area contributed by atoms with Gasteiger partial charge in [0.05, 0.1) is 0 Å². The molecule has 0 fully saturated rings. The van der Waals surface area contributed by atoms with E-state index < -0.39 is 10.0 Å². The highest BCUT2D eigenvalue weighted by molar-refractivity contribution is 7.94. The lowest BCUT2D eigenvalue weighted by molar-refractivity contribution is 0.603. The maximum atomic E-state index is 12.8. The standard InChI is InChI=1S/C16H15FN4O2S2/c17-13-5-3-12(4-6-13)9-10-18-14-7-8-15(20-19-14)21-25(22,23)16-2-1-11-24-16/h1-8,11H,9-10H2,(H,18,19)(H,20,21). The fourth-order valence-electron chi connectivity index (χ4n) is 2.07. The molecule has 0 unspecified atom stereocenters. The molecule has 25 heavy (non-hydrogen) atoms. The Balaban J connectivity index is 1.54. The van der Waals surface area contributed by atoms with Crippen molar-refractivity contribution in [3.8, 4) is 0 Å². The highest BCUT2D eigenvalue weighted by Gasteiger charge is 2.15. The second-order valence-electron chi connectivity index (χ2n) is 5.14. The molecule has 0 aliphatic heterocycles. The van der Waals surface area contributed by atoms with Gasteiger partial charge >= 0.3 is 0 Å². The zero-order chi connectivity index (χ0) is 17.7. The second kappa shape index (κ2) is 7.58. The van der Waals surface area contributed by atoms with Crippen molar-refractivity contribution >= 4 is 33.0 Å². The molecule has 2 heterocycles. The molecule has 0 saturated heterocycles. The highest BCUT2D eigenvalue weighted by Crippen LogP contribution is 2.19. The summed E-state index contributed by atoms with van der Waals surface area (Å²) in [6, 6.07) is 12.7. The van der Waals surface area contributed by atoms with Crippen LogP contribution in [0.4, 0.5) is 16.0 Å². The first-order valence-corrected chi connectivity index (χ1v) is 9.77. The van der Waals surface area contributed by atoms with Gasteiger partial charge in [0.1, 0.15) is 15.8 Å². The van der Waals surface area contributed by atoms with E-state index in [2.05, 4.69) is 20.2 Å². The first-order valence-electron chi connectivity index (χ1n) is 7.41. The van der Waals surface area contributed by atoms with Crippen molar-refractivity contribution in [1.29, 1.82) is 0 Å². The van der Waals surface area contributed by atoms with Gasteiger partial charge in [-0.2, -0.15) is 0 Å². The number of benzene rings is 1. The molecule has 2 aromatic heterocycles. The van der Waals surface area contributed by atoms with Crippen molar-refractivity contribution in [3.63, 3.8) is 0 Å². The van der Waals surface area contributed by atoms with Gasteiger partial charge in [-0.1, -0.05) is 18.2 Å². The van der Waals surface area contributed by atoms with Crippen LogP contribution in [0.15, 0.2) is 58.1 Å². The minimum absolute atomic E-state index is 0.150. The fourth-order valence-corrected chi connectivity index (χ4v) is 4.06. The van der Waals surface area contributed by atoms with Crippen molar-refractivity contribution in [2.24, 2.45) is 0 Å². The van der Waals surface area contributed by atoms with Gasteiger partial charge in [0, 0.05) is 6.54 Å². The number of rotatable bonds is 7. The van der Waals surface area contributed by atoms with Crippen molar-refractivity contribution in [2.75, 3.05) is 16.6 Å². The molecule has 0 saturated carbocycles. The van der Waals surface area contributed by atoms with Gasteiger partial charge in [0.15, 0.2) is 5.82 Å². The number of sulfonamides is 1. The zero-order valence-electron chi connectivity index (χ0n) is 13.0. The molecule has 130 valence electrons. The Morgan fingerprint density at radius 3 is 2.36 bits per heavy atom. The fraction of sp³-hybridized carbons (Fsp3) is 0.125. The number of hydrogen-bond acceptors (Lipinski definition) is 6. The summed E-state index contributed by atoms with van der Waals surface area (Å²) >= 11 is 1.13. The maximum absolute atomic E-state index is 12.8. The van der Waals surface area contributed by atoms with Crippen LogP contribution in [0.2, 0.25) is 0 Å². The molecule has 0 spiro atoms. The van der Waals surface area contributed by atoms with Crippen LogP contribution in [0.1, 0.15) is 5.56 Å². The van der Waals surface area contributed by atoms with E-state index in [0.29, 0.717) is 18.8 Å². The number of aromatic nitrogens is 2. The van der Waals surface area contributed by atoms with E-state index in [1.165, 1.54) is 18.2 Å². The van der Waals surface area contributed by atoms with E-state index in [4.69, 9.17) is 0 Å². The number of halogens is 1. The van der Waals surface area contributed by atoms with Gasteiger partial charge in [-0.15, -0.1) is 21.5 Å². The van der Waals surface area contributed by atoms with Crippen LogP contribution in [-0.2, 0) is 16.4 Å². The molecular formula is C16H15FN4O2S2. The summed E-state index contributed by atoms with van der Waals surface area (Å²) in [4.78, 5) is 0. The van der Waals surface area contributed by atoms with Gasteiger partial charge in [0.25, 0.3) is 10.0 Å². The monoisotopic (exact) mass is 378 g/mol. The smallest absolute Gasteiger partial charge is 0.272 e. The Labute approximate surface area is 148 Å². The van der Waals surface area contributed by atoms with Crippen LogP contribution in [-0.4, -0.2) is 25.2 Å². The van der Waals surface area contributed by atoms with Gasteiger partial charge in [-0.25, -0.2) is 12.8 Å². The summed E-state index contributed by atoms with van der Waals surface area (Å²) in [5.41, 5.74) is 1.00. The summed E-state index contributed by atoms with van der Waals surface area (Å²) in [6.07, 6.45) is 0.703. The molecule has 0 radical (unpaired) electrons. The van der Waals surface area contributed by atoms with E-state index in [9.17, 15) is 12.8 Å². The summed E-state index contributed by atoms with van der Waals surface area (Å²) < 4.78 is 39.6. The van der Waals surface area contributed by atoms with Crippen molar-refractivity contribution in [1.82, 2.24) is 10.2 Å². The normalized spacial score (nSPS) is 11.2. The van der Waals surface area contributed by atoms with Crippen molar-refractivity contribution < 1.29 is 12.8 Å². The maximum Gasteiger partial charge on any atom is 0.272 e. The molecule has 3 aromatic rings. The molecule has 0 aliphatic rings. The minimum atomic E-state index is -3.62. The van der Waals surface area contributed by atoms with Crippen LogP contribution in [0, 0.1) is 5.82 Å². The van der Waals surface area contributed by atoms with Gasteiger partial charge in [-0.05, 0) is 47.7 Å². The third-order valence-electron chi connectivity index (χ3n) is 3.30. The molecule has 0 bridgehead atoms. The van der Waals surface area contributed by atoms with E-state index in [1.807, 2.05) is 0 Å². The highest BCUT2D eigenvalue weighted by atomic mass is 32.2. The molecule has 6 nitrogen and oxygen atoms in total. The number of hydrogen-bond donors (Lipinski definition) is 2. The Morgan fingerprint density at radius 2 is 1.72 bits per heavy atom. The number of nitrogens with one attached hydrogen (secondary N) is 2. The average Bonchev–Trinajstić information content (AvgIpc) is 3.14. The lowest BCUT2D eigenvalue weighted by Gasteiger charge is -2.07. The van der Waals surface area contributed by atoms with E-state index >= 15 is 0 Å². The Morgan fingerprint density at radius 1 is 1.00 bits per heavy atom. The molecule has 9 heteroatoms. The summed E-state index contributed by atoms with van der Waals surface area (Å²) in [6.45, 7) is 0.598. The molecular weight excluding hydrogens is 363 g/mol. The lowest BCUT2D eigenvalue weighted by Crippen LogP contribution is -2.13. The first kappa shape index (κ1) is 17.3. The number of anilines is 2. The first-order chi connectivity index (χ1) is 12.0. The zero-order valence-corrected chi connectivity index (χ0v) is 14.6. The molecule has 0 aliphatic carbocycles. The quantitative estimate of drug-likeness (QED) is 0.660. The van der Waals surface area contributed by atoms with E-state index in [1.54, 1.807) is 35.7 Å². The molecule has 2 N–H and O–H groups in total. The Hall–Kier alpha value is -2.52. The van der Waals surface area contributed by atoms with Gasteiger partial charge < -0.3 is 5.32 Å². The number of nitrogens with zero attached hydrogens (tertiary/aromatic N) is 2. The largest absolute Gasteiger partial charge is 0.368 e. The second-order valence-corrected chi connectivity index (χ2v) is 8.00. The summed E-state index contributed by atoms with van der Waals surface area (Å²) in [5, 5.41) is 12.6. The Bertz CT molecular complexity index is 912. The van der Waals surface area contributed by atoms with Gasteiger partial charge in [-0.3, -0.25) is 4.72 Å². The van der Waals surface area contributed by atoms with Crippen LogP contribution in [0.5, 0.6) is 0 Å². The van der Waals surface area contributed by atoms with Crippen LogP contribution in [0.3, 0.4) is 0 Å². The predicted molar refractivity (Wildman–Crippen MR) is 95.8 cm³/mol. The van der Waals surface area contributed by atoms with Crippen molar-refractivity contribution in [3.05, 3.63) is 65.3 Å². The number of thiophene rings is 1. The molecule has 1 aromatic carbocycles. The SMILES string of the molecule is O=S(=O)(Nc1ccc(NCCc2ccc(F)cc2)nn1)c1cccs1. The summed E-state index contributed by atoms with van der Waals surface area (Å²) in [5.74, 6) is 0.418. The predicted octanol–water partition coefficient (Wildman–Crippen LogP) is 3.13. The van der Waals surface area contributed by atoms with Gasteiger partial charge in [0.2, 0.25) is 0 Å². The lowest BCUT2D eigenvalue weighted by atomic mass is 10.1. The molecule has 0 amide bonds. The third kappa shape index (κ3) is 4.74. The Kier molecular flexibility index (Phi) is 5.25. The summed E-state index contributed by atoms with van der Waals surface area (Å²) in [7, 11) is -3.62. The molecule has 3 rings (SSSR count). The topological polar surface area (TPSA) is 84.0 Å². The van der Waals surface area contributed by atoms with Crippen molar-refractivity contribution in [2.45, 2.75) is 10.6 Å².